The number of benzene rings is 6. The van der Waals surface area contributed by atoms with Crippen LogP contribution in [0.4, 0.5) is 0 Å². The van der Waals surface area contributed by atoms with Gasteiger partial charge in [-0.25, -0.2) is 15.0 Å². The molecule has 1 aliphatic heterocycles. The number of rotatable bonds is 6. The second-order valence-electron chi connectivity index (χ2n) is 13.9. The third kappa shape index (κ3) is 5.65. The molecule has 1 aliphatic rings. The standard InChI is InChI=1S/C47H36N4Si/c1-52(2)41-27-14-12-25-38(41)43(39-26-13-15-28-42(39)52)44-40(30-37(31-48-44)36-24-16-23-35(29-36)32-17-6-3-7-18-32)47-50-45(33-19-8-4-9-20-33)49-46(51-47)34-21-10-5-11-22-34/h3-31,43H,1-2H3. The smallest absolute Gasteiger partial charge is 0.165 e. The number of hydrogen-bond acceptors (Lipinski definition) is 4. The predicted octanol–water partition coefficient (Wildman–Crippen LogP) is 9.92. The van der Waals surface area contributed by atoms with E-state index < -0.39 is 8.07 Å². The normalized spacial score (nSPS) is 13.3. The molecule has 4 nitrogen and oxygen atoms in total. The number of fused-ring (bicyclic) bond motifs is 2. The Morgan fingerprint density at radius 2 is 0.846 bits per heavy atom. The van der Waals surface area contributed by atoms with Gasteiger partial charge in [0.1, 0.15) is 8.07 Å². The molecule has 6 aromatic carbocycles. The van der Waals surface area contributed by atoms with Gasteiger partial charge in [0.2, 0.25) is 0 Å². The van der Waals surface area contributed by atoms with Gasteiger partial charge in [0.05, 0.1) is 11.6 Å². The number of hydrogen-bond donors (Lipinski definition) is 0. The lowest BCUT2D eigenvalue weighted by molar-refractivity contribution is 0.919. The van der Waals surface area contributed by atoms with Gasteiger partial charge in [-0.3, -0.25) is 4.98 Å². The number of pyridine rings is 1. The van der Waals surface area contributed by atoms with Crippen molar-refractivity contribution in [1.29, 1.82) is 0 Å². The highest BCUT2D eigenvalue weighted by Crippen LogP contribution is 2.41. The summed E-state index contributed by atoms with van der Waals surface area (Å²) in [6.07, 6.45) is 2.03. The van der Waals surface area contributed by atoms with E-state index in [4.69, 9.17) is 19.9 Å². The van der Waals surface area contributed by atoms with E-state index in [2.05, 4.69) is 147 Å². The van der Waals surface area contributed by atoms with Crippen LogP contribution in [0.2, 0.25) is 13.1 Å². The van der Waals surface area contributed by atoms with Gasteiger partial charge in [-0.1, -0.05) is 181 Å². The van der Waals surface area contributed by atoms with Crippen LogP contribution in [-0.2, 0) is 0 Å². The summed E-state index contributed by atoms with van der Waals surface area (Å²) in [6, 6.07) is 59.7. The summed E-state index contributed by atoms with van der Waals surface area (Å²) in [6.45, 7) is 4.92. The molecule has 0 saturated carbocycles. The monoisotopic (exact) mass is 684 g/mol. The van der Waals surface area contributed by atoms with Crippen LogP contribution in [-0.4, -0.2) is 28.0 Å². The highest BCUT2D eigenvalue weighted by Gasteiger charge is 2.40. The van der Waals surface area contributed by atoms with Crippen LogP contribution in [0.25, 0.3) is 56.4 Å². The Hall–Kier alpha value is -6.30. The Bertz CT molecular complexity index is 2440. The molecule has 0 bridgehead atoms. The van der Waals surface area contributed by atoms with E-state index in [1.165, 1.54) is 27.1 Å². The molecule has 0 spiro atoms. The predicted molar refractivity (Wildman–Crippen MR) is 215 cm³/mol. The Kier molecular flexibility index (Phi) is 7.98. The molecule has 0 fully saturated rings. The van der Waals surface area contributed by atoms with E-state index in [1.807, 2.05) is 42.6 Å². The summed E-state index contributed by atoms with van der Waals surface area (Å²) in [5.41, 5.74) is 10.8. The third-order valence-corrected chi connectivity index (χ3v) is 13.9. The molecule has 0 atom stereocenters. The molecular weight excluding hydrogens is 649 g/mol. The molecule has 0 aliphatic carbocycles. The summed E-state index contributed by atoms with van der Waals surface area (Å²) in [5.74, 6) is 1.77. The third-order valence-electron chi connectivity index (χ3n) is 10.3. The lowest BCUT2D eigenvalue weighted by Crippen LogP contribution is -2.59. The molecule has 0 unspecified atom stereocenters. The summed E-state index contributed by atoms with van der Waals surface area (Å²) >= 11 is 0. The van der Waals surface area contributed by atoms with Gasteiger partial charge in [0.25, 0.3) is 0 Å². The van der Waals surface area contributed by atoms with Crippen LogP contribution >= 0.6 is 0 Å². The molecule has 9 rings (SSSR count). The Morgan fingerprint density at radius 1 is 0.404 bits per heavy atom. The fourth-order valence-electron chi connectivity index (χ4n) is 7.72. The van der Waals surface area contributed by atoms with Crippen molar-refractivity contribution in [2.45, 2.75) is 19.0 Å². The van der Waals surface area contributed by atoms with Crippen molar-refractivity contribution >= 4 is 18.4 Å². The maximum Gasteiger partial charge on any atom is 0.165 e. The molecule has 8 aromatic rings. The van der Waals surface area contributed by atoms with Crippen molar-refractivity contribution < 1.29 is 0 Å². The molecule has 248 valence electrons. The van der Waals surface area contributed by atoms with Crippen molar-refractivity contribution in [3.63, 3.8) is 0 Å². The van der Waals surface area contributed by atoms with Crippen molar-refractivity contribution in [2.24, 2.45) is 0 Å². The zero-order valence-electron chi connectivity index (χ0n) is 29.1. The van der Waals surface area contributed by atoms with Crippen molar-refractivity contribution in [1.82, 2.24) is 19.9 Å². The van der Waals surface area contributed by atoms with Crippen molar-refractivity contribution in [3.05, 3.63) is 193 Å². The molecule has 5 heteroatoms. The average Bonchev–Trinajstić information content (AvgIpc) is 3.22. The maximum absolute atomic E-state index is 5.42. The highest BCUT2D eigenvalue weighted by atomic mass is 28.3. The van der Waals surface area contributed by atoms with Crippen LogP contribution in [0, 0.1) is 0 Å². The zero-order valence-corrected chi connectivity index (χ0v) is 30.1. The minimum atomic E-state index is -1.98. The Labute approximate surface area is 305 Å². The lowest BCUT2D eigenvalue weighted by Gasteiger charge is -2.38. The molecule has 0 saturated heterocycles. The van der Waals surface area contributed by atoms with E-state index in [9.17, 15) is 0 Å². The first-order chi connectivity index (χ1) is 25.5. The van der Waals surface area contributed by atoms with Crippen LogP contribution in [0.3, 0.4) is 0 Å². The van der Waals surface area contributed by atoms with E-state index in [0.717, 1.165) is 39.1 Å². The largest absolute Gasteiger partial charge is 0.259 e. The molecule has 0 amide bonds. The molecule has 52 heavy (non-hydrogen) atoms. The van der Waals surface area contributed by atoms with E-state index in [-0.39, 0.29) is 5.92 Å². The maximum atomic E-state index is 5.42. The first-order valence-electron chi connectivity index (χ1n) is 17.8. The van der Waals surface area contributed by atoms with Crippen LogP contribution in [0.1, 0.15) is 22.7 Å². The second-order valence-corrected chi connectivity index (χ2v) is 18.2. The average molecular weight is 685 g/mol. The van der Waals surface area contributed by atoms with Crippen LogP contribution in [0.15, 0.2) is 176 Å². The zero-order chi connectivity index (χ0) is 35.1. The van der Waals surface area contributed by atoms with Gasteiger partial charge in [-0.2, -0.15) is 0 Å². The Balaban J connectivity index is 1.32. The summed E-state index contributed by atoms with van der Waals surface area (Å²) in [4.78, 5) is 20.9. The summed E-state index contributed by atoms with van der Waals surface area (Å²) in [5, 5.41) is 2.88. The van der Waals surface area contributed by atoms with Gasteiger partial charge in [0.15, 0.2) is 17.5 Å². The van der Waals surface area contributed by atoms with Gasteiger partial charge in [-0.05, 0) is 39.9 Å². The SMILES string of the molecule is C[Si]1(C)c2ccccc2C(c2ncc(-c3cccc(-c4ccccc4)c3)cc2-c2nc(-c3ccccc3)nc(-c3ccccc3)n2)c2ccccc21. The minimum absolute atomic E-state index is 0.0928. The van der Waals surface area contributed by atoms with E-state index in [1.54, 1.807) is 0 Å². The first kappa shape index (κ1) is 31.7. The van der Waals surface area contributed by atoms with E-state index >= 15 is 0 Å². The first-order valence-corrected chi connectivity index (χ1v) is 20.8. The highest BCUT2D eigenvalue weighted by molar-refractivity contribution is 7.01. The molecule has 2 aromatic heterocycles. The van der Waals surface area contributed by atoms with Gasteiger partial charge in [-0.15, -0.1) is 0 Å². The number of nitrogens with zero attached hydrogens (tertiary/aromatic N) is 4. The van der Waals surface area contributed by atoms with Crippen molar-refractivity contribution in [3.8, 4) is 56.4 Å². The van der Waals surface area contributed by atoms with Crippen LogP contribution < -0.4 is 10.4 Å². The molecule has 0 N–H and O–H groups in total. The quantitative estimate of drug-likeness (QED) is 0.164. The van der Waals surface area contributed by atoms with Crippen LogP contribution in [0.5, 0.6) is 0 Å². The minimum Gasteiger partial charge on any atom is -0.259 e. The molecule has 3 heterocycles. The summed E-state index contributed by atoms with van der Waals surface area (Å²) in [7, 11) is -1.98. The lowest BCUT2D eigenvalue weighted by atomic mass is 9.84. The Morgan fingerprint density at radius 3 is 1.40 bits per heavy atom. The molecule has 0 radical (unpaired) electrons. The fraction of sp³-hybridized carbons (Fsp3) is 0.0638. The van der Waals surface area contributed by atoms with Gasteiger partial charge in [0, 0.05) is 28.5 Å². The van der Waals surface area contributed by atoms with Crippen molar-refractivity contribution in [2.75, 3.05) is 0 Å². The number of aromatic nitrogens is 4. The van der Waals surface area contributed by atoms with Gasteiger partial charge < -0.3 is 0 Å². The van der Waals surface area contributed by atoms with Gasteiger partial charge >= 0.3 is 0 Å². The molecular formula is C47H36N4Si. The fourth-order valence-corrected chi connectivity index (χ4v) is 10.9. The van der Waals surface area contributed by atoms with E-state index in [0.29, 0.717) is 17.5 Å². The second kappa shape index (κ2) is 13.1. The topological polar surface area (TPSA) is 51.6 Å². The summed E-state index contributed by atoms with van der Waals surface area (Å²) < 4.78 is 0.